The fourth-order valence-electron chi connectivity index (χ4n) is 1.91. The lowest BCUT2D eigenvalue weighted by Gasteiger charge is -2.10. The molecule has 0 unspecified atom stereocenters. The number of amides is 1. The third-order valence-corrected chi connectivity index (χ3v) is 3.32. The van der Waals surface area contributed by atoms with Crippen LogP contribution in [0.3, 0.4) is 0 Å². The second kappa shape index (κ2) is 4.97. The number of hydrogen-bond donors (Lipinski definition) is 1. The summed E-state index contributed by atoms with van der Waals surface area (Å²) in [6.45, 7) is 5.74. The molecule has 0 bridgehead atoms. The Kier molecular flexibility index (Phi) is 3.53. The van der Waals surface area contributed by atoms with Crippen molar-refractivity contribution in [3.63, 3.8) is 0 Å². The molecule has 1 heterocycles. The van der Waals surface area contributed by atoms with E-state index in [2.05, 4.69) is 9.97 Å². The zero-order chi connectivity index (χ0) is 14.2. The maximum Gasteiger partial charge on any atom is 0.250 e. The van der Waals surface area contributed by atoms with Gasteiger partial charge in [-0.2, -0.15) is 0 Å². The van der Waals surface area contributed by atoms with Gasteiger partial charge in [-0.1, -0.05) is 17.7 Å². The number of nitrogens with two attached hydrogens (primary N) is 1. The summed E-state index contributed by atoms with van der Waals surface area (Å²) >= 11 is 6.06. The largest absolute Gasteiger partial charge is 0.366 e. The number of aryl methyl sites for hydroxylation is 2. The molecule has 0 spiro atoms. The summed E-state index contributed by atoms with van der Waals surface area (Å²) in [5, 5.41) is 0.332. The van der Waals surface area contributed by atoms with E-state index in [-0.39, 0.29) is 0 Å². The van der Waals surface area contributed by atoms with E-state index in [0.29, 0.717) is 16.4 Å². The molecular weight excluding hydrogens is 262 g/mol. The van der Waals surface area contributed by atoms with Gasteiger partial charge >= 0.3 is 0 Å². The highest BCUT2D eigenvalue weighted by Gasteiger charge is 2.12. The maximum absolute atomic E-state index is 11.2. The summed E-state index contributed by atoms with van der Waals surface area (Å²) < 4.78 is 0. The van der Waals surface area contributed by atoms with E-state index in [0.717, 1.165) is 22.5 Å². The normalized spacial score (nSPS) is 10.5. The average molecular weight is 276 g/mol. The molecule has 2 aromatic rings. The van der Waals surface area contributed by atoms with E-state index in [4.69, 9.17) is 17.3 Å². The first-order valence-electron chi connectivity index (χ1n) is 5.81. The molecule has 1 aromatic carbocycles. The standard InChI is InChI=1S/C14H14ClN3O/c1-7-8(2)17-9(3)18-13(7)10-4-5-11(14(16)19)12(15)6-10/h4-6H,1-3H3,(H2,16,19). The van der Waals surface area contributed by atoms with Crippen LogP contribution in [0.2, 0.25) is 5.02 Å². The molecule has 1 amide bonds. The number of rotatable bonds is 2. The van der Waals surface area contributed by atoms with E-state index in [1.54, 1.807) is 18.2 Å². The van der Waals surface area contributed by atoms with E-state index in [1.165, 1.54) is 0 Å². The van der Waals surface area contributed by atoms with Crippen molar-refractivity contribution in [2.24, 2.45) is 5.73 Å². The molecule has 1 aromatic heterocycles. The third-order valence-electron chi connectivity index (χ3n) is 3.01. The molecule has 0 fully saturated rings. The highest BCUT2D eigenvalue weighted by molar-refractivity contribution is 6.34. The van der Waals surface area contributed by atoms with E-state index >= 15 is 0 Å². The van der Waals surface area contributed by atoms with Gasteiger partial charge in [0.05, 0.1) is 16.3 Å². The number of carbonyl (C=O) groups is 1. The Hall–Kier alpha value is -1.94. The van der Waals surface area contributed by atoms with Crippen molar-refractivity contribution in [3.8, 4) is 11.3 Å². The van der Waals surface area contributed by atoms with Gasteiger partial charge < -0.3 is 5.73 Å². The Morgan fingerprint density at radius 1 is 1.21 bits per heavy atom. The van der Waals surface area contributed by atoms with Crippen LogP contribution in [0.15, 0.2) is 18.2 Å². The van der Waals surface area contributed by atoms with E-state index in [1.807, 2.05) is 20.8 Å². The van der Waals surface area contributed by atoms with Crippen LogP contribution in [0.1, 0.15) is 27.4 Å². The Labute approximate surface area is 116 Å². The topological polar surface area (TPSA) is 68.9 Å². The first-order valence-corrected chi connectivity index (χ1v) is 6.19. The van der Waals surface area contributed by atoms with Crippen LogP contribution < -0.4 is 5.73 Å². The molecule has 4 nitrogen and oxygen atoms in total. The number of hydrogen-bond acceptors (Lipinski definition) is 3. The van der Waals surface area contributed by atoms with Crippen molar-refractivity contribution < 1.29 is 4.79 Å². The lowest BCUT2D eigenvalue weighted by atomic mass is 10.0. The van der Waals surface area contributed by atoms with Crippen LogP contribution in [0.25, 0.3) is 11.3 Å². The Morgan fingerprint density at radius 3 is 2.47 bits per heavy atom. The molecule has 0 aliphatic carbocycles. The van der Waals surface area contributed by atoms with Crippen LogP contribution in [0, 0.1) is 20.8 Å². The Balaban J connectivity index is 2.60. The fraction of sp³-hybridized carbons (Fsp3) is 0.214. The first kappa shape index (κ1) is 13.5. The minimum atomic E-state index is -0.539. The van der Waals surface area contributed by atoms with Gasteiger partial charge in [0.15, 0.2) is 0 Å². The van der Waals surface area contributed by atoms with Crippen LogP contribution in [-0.4, -0.2) is 15.9 Å². The summed E-state index contributed by atoms with van der Waals surface area (Å²) in [5.41, 5.74) is 9.14. The summed E-state index contributed by atoms with van der Waals surface area (Å²) in [5.74, 6) is 0.163. The molecular formula is C14H14ClN3O. The molecule has 0 aliphatic rings. The molecule has 0 atom stereocenters. The summed E-state index contributed by atoms with van der Waals surface area (Å²) in [7, 11) is 0. The molecule has 2 rings (SSSR count). The van der Waals surface area contributed by atoms with E-state index < -0.39 is 5.91 Å². The van der Waals surface area contributed by atoms with Gasteiger partial charge in [-0.25, -0.2) is 9.97 Å². The van der Waals surface area contributed by atoms with Crippen molar-refractivity contribution in [1.82, 2.24) is 9.97 Å². The first-order chi connectivity index (χ1) is 8.90. The minimum Gasteiger partial charge on any atom is -0.366 e. The minimum absolute atomic E-state index is 0.311. The van der Waals surface area contributed by atoms with E-state index in [9.17, 15) is 4.79 Å². The average Bonchev–Trinajstić information content (AvgIpc) is 2.33. The molecule has 98 valence electrons. The number of carbonyl (C=O) groups excluding carboxylic acids is 1. The quantitative estimate of drug-likeness (QED) is 0.916. The Morgan fingerprint density at radius 2 is 1.89 bits per heavy atom. The number of aromatic nitrogens is 2. The second-order valence-electron chi connectivity index (χ2n) is 4.39. The van der Waals surface area contributed by atoms with Crippen molar-refractivity contribution >= 4 is 17.5 Å². The van der Waals surface area contributed by atoms with Crippen molar-refractivity contribution in [3.05, 3.63) is 45.9 Å². The van der Waals surface area contributed by atoms with Gasteiger partial charge in [0, 0.05) is 11.3 Å². The summed E-state index contributed by atoms with van der Waals surface area (Å²) in [6, 6.07) is 5.11. The zero-order valence-corrected chi connectivity index (χ0v) is 11.7. The lowest BCUT2D eigenvalue weighted by molar-refractivity contribution is 0.100. The SMILES string of the molecule is Cc1nc(C)c(C)c(-c2ccc(C(N)=O)c(Cl)c2)n1. The van der Waals surface area contributed by atoms with Crippen LogP contribution in [-0.2, 0) is 0 Å². The zero-order valence-electron chi connectivity index (χ0n) is 11.0. The molecule has 5 heteroatoms. The molecule has 0 saturated heterocycles. The Bertz CT molecular complexity index is 668. The number of primary amides is 1. The summed E-state index contributed by atoms with van der Waals surface area (Å²) in [6.07, 6.45) is 0. The number of nitrogens with zero attached hydrogens (tertiary/aromatic N) is 2. The lowest BCUT2D eigenvalue weighted by Crippen LogP contribution is -2.11. The van der Waals surface area contributed by atoms with Crippen molar-refractivity contribution in [1.29, 1.82) is 0 Å². The molecule has 0 aliphatic heterocycles. The van der Waals surface area contributed by atoms with Gasteiger partial charge in [0.25, 0.3) is 0 Å². The van der Waals surface area contributed by atoms with Gasteiger partial charge in [-0.3, -0.25) is 4.79 Å². The predicted octanol–water partition coefficient (Wildman–Crippen LogP) is 2.82. The van der Waals surface area contributed by atoms with Crippen molar-refractivity contribution in [2.75, 3.05) is 0 Å². The molecule has 0 saturated carbocycles. The van der Waals surface area contributed by atoms with Crippen LogP contribution in [0.4, 0.5) is 0 Å². The third kappa shape index (κ3) is 2.58. The fourth-order valence-corrected chi connectivity index (χ4v) is 2.19. The van der Waals surface area contributed by atoms with Crippen LogP contribution in [0.5, 0.6) is 0 Å². The van der Waals surface area contributed by atoms with Gasteiger partial charge in [-0.15, -0.1) is 0 Å². The predicted molar refractivity (Wildman–Crippen MR) is 75.2 cm³/mol. The smallest absolute Gasteiger partial charge is 0.250 e. The van der Waals surface area contributed by atoms with Gasteiger partial charge in [0.1, 0.15) is 5.82 Å². The highest BCUT2D eigenvalue weighted by Crippen LogP contribution is 2.27. The maximum atomic E-state index is 11.2. The summed E-state index contributed by atoms with van der Waals surface area (Å²) in [4.78, 5) is 19.9. The van der Waals surface area contributed by atoms with Gasteiger partial charge in [0.2, 0.25) is 5.91 Å². The van der Waals surface area contributed by atoms with Crippen molar-refractivity contribution in [2.45, 2.75) is 20.8 Å². The number of halogens is 1. The molecule has 0 radical (unpaired) electrons. The van der Waals surface area contributed by atoms with Crippen LogP contribution >= 0.6 is 11.6 Å². The second-order valence-corrected chi connectivity index (χ2v) is 4.80. The number of benzene rings is 1. The van der Waals surface area contributed by atoms with Gasteiger partial charge in [-0.05, 0) is 38.5 Å². The monoisotopic (exact) mass is 275 g/mol. The molecule has 19 heavy (non-hydrogen) atoms. The molecule has 2 N–H and O–H groups in total. The highest BCUT2D eigenvalue weighted by atomic mass is 35.5.